The zero-order chi connectivity index (χ0) is 10.8. The van der Waals surface area contributed by atoms with Crippen LogP contribution in [0.5, 0.6) is 0 Å². The lowest BCUT2D eigenvalue weighted by atomic mass is 10.3. The largest absolute Gasteiger partial charge is 0.338 e. The monoisotopic (exact) mass is 241 g/mol. The lowest BCUT2D eigenvalue weighted by Gasteiger charge is -2.19. The fourth-order valence-electron chi connectivity index (χ4n) is 1.56. The maximum Gasteiger partial charge on any atom is 0.263 e. The summed E-state index contributed by atoms with van der Waals surface area (Å²) in [7, 11) is 0. The zero-order valence-electron chi connectivity index (χ0n) is 8.77. The molecule has 1 aromatic rings. The first-order valence-corrected chi connectivity index (χ1v) is 6.60. The maximum absolute atomic E-state index is 12.1. The molecule has 0 aromatic carbocycles. The molecule has 0 unspecified atom stereocenters. The fraction of sp³-hybridized carbons (Fsp3) is 0.545. The van der Waals surface area contributed by atoms with Crippen molar-refractivity contribution in [3.8, 4) is 0 Å². The molecule has 0 atom stereocenters. The van der Waals surface area contributed by atoms with E-state index in [1.165, 1.54) is 24.2 Å². The second kappa shape index (κ2) is 4.58. The van der Waals surface area contributed by atoms with E-state index < -0.39 is 0 Å². The summed E-state index contributed by atoms with van der Waals surface area (Å²) in [4.78, 5) is 15.7. The smallest absolute Gasteiger partial charge is 0.263 e. The van der Waals surface area contributed by atoms with Gasteiger partial charge in [-0.1, -0.05) is 0 Å². The van der Waals surface area contributed by atoms with Crippen LogP contribution in [0.2, 0.25) is 0 Å². The Labute approximate surface area is 99.7 Å². The molecule has 1 aliphatic rings. The Morgan fingerprint density at radius 1 is 1.67 bits per heavy atom. The highest BCUT2D eigenvalue weighted by Crippen LogP contribution is 2.30. The third-order valence-corrected chi connectivity index (χ3v) is 3.99. The van der Waals surface area contributed by atoms with Crippen molar-refractivity contribution in [2.45, 2.75) is 24.7 Å². The van der Waals surface area contributed by atoms with Crippen molar-refractivity contribution < 1.29 is 4.79 Å². The van der Waals surface area contributed by atoms with Crippen LogP contribution in [0.25, 0.3) is 0 Å². The summed E-state index contributed by atoms with van der Waals surface area (Å²) in [5.41, 5.74) is 0. The average molecular weight is 241 g/mol. The van der Waals surface area contributed by atoms with Gasteiger partial charge in [-0.3, -0.25) is 4.79 Å². The summed E-state index contributed by atoms with van der Waals surface area (Å²) in [6.07, 6.45) is 2.57. The minimum atomic E-state index is 0.162. The molecule has 1 fully saturated rings. The number of nitrogens with zero attached hydrogens (tertiary/aromatic N) is 1. The first-order chi connectivity index (χ1) is 7.20. The van der Waals surface area contributed by atoms with Crippen molar-refractivity contribution in [1.29, 1.82) is 0 Å². The molecule has 82 valence electrons. The minimum absolute atomic E-state index is 0.162. The third kappa shape index (κ3) is 2.75. The zero-order valence-corrected chi connectivity index (χ0v) is 10.5. The van der Waals surface area contributed by atoms with Gasteiger partial charge in [0.15, 0.2) is 0 Å². The Morgan fingerprint density at radius 2 is 2.40 bits per heavy atom. The Balaban J connectivity index is 2.03. The number of amides is 1. The van der Waals surface area contributed by atoms with Gasteiger partial charge in [0.05, 0.1) is 4.88 Å². The van der Waals surface area contributed by atoms with E-state index >= 15 is 0 Å². The summed E-state index contributed by atoms with van der Waals surface area (Å²) in [6.45, 7) is 3.76. The molecule has 15 heavy (non-hydrogen) atoms. The van der Waals surface area contributed by atoms with Crippen molar-refractivity contribution in [3.05, 3.63) is 16.3 Å². The van der Waals surface area contributed by atoms with Gasteiger partial charge in [-0.2, -0.15) is 0 Å². The van der Waals surface area contributed by atoms with E-state index in [1.807, 2.05) is 23.3 Å². The van der Waals surface area contributed by atoms with Crippen LogP contribution in [0.4, 0.5) is 0 Å². The third-order valence-electron chi connectivity index (χ3n) is 2.64. The van der Waals surface area contributed by atoms with Crippen LogP contribution in [0.1, 0.15) is 29.4 Å². The Morgan fingerprint density at radius 3 is 2.87 bits per heavy atom. The van der Waals surface area contributed by atoms with E-state index in [9.17, 15) is 4.79 Å². The number of thiophene rings is 1. The van der Waals surface area contributed by atoms with Gasteiger partial charge in [0.2, 0.25) is 0 Å². The molecule has 0 radical (unpaired) electrons. The summed E-state index contributed by atoms with van der Waals surface area (Å²) in [5, 5.41) is 1.90. The number of rotatable bonds is 4. The number of thiol groups is 1. The van der Waals surface area contributed by atoms with Crippen LogP contribution >= 0.6 is 24.0 Å². The van der Waals surface area contributed by atoms with E-state index in [0.717, 1.165) is 28.8 Å². The molecular weight excluding hydrogens is 226 g/mol. The molecule has 1 saturated carbocycles. The highest BCUT2D eigenvalue weighted by molar-refractivity contribution is 7.80. The predicted octanol–water partition coefficient (Wildman–Crippen LogP) is 2.91. The Bertz CT molecular complexity index is 357. The Hall–Kier alpha value is -0.480. The molecule has 0 bridgehead atoms. The van der Waals surface area contributed by atoms with Gasteiger partial charge in [-0.15, -0.1) is 24.0 Å². The second-order valence-electron chi connectivity index (χ2n) is 3.96. The van der Waals surface area contributed by atoms with Crippen LogP contribution in [0.3, 0.4) is 0 Å². The fourth-order valence-corrected chi connectivity index (χ4v) is 2.68. The van der Waals surface area contributed by atoms with Gasteiger partial charge >= 0.3 is 0 Å². The van der Waals surface area contributed by atoms with Crippen LogP contribution in [-0.4, -0.2) is 23.9 Å². The van der Waals surface area contributed by atoms with Gasteiger partial charge in [-0.05, 0) is 31.7 Å². The molecule has 1 amide bonds. The van der Waals surface area contributed by atoms with Crippen LogP contribution in [0.15, 0.2) is 16.3 Å². The molecule has 0 aliphatic heterocycles. The number of hydrogen-bond acceptors (Lipinski definition) is 3. The molecule has 2 nitrogen and oxygen atoms in total. The van der Waals surface area contributed by atoms with Gasteiger partial charge in [0, 0.05) is 23.4 Å². The SMILES string of the molecule is CCN(CC1CC1)C(=O)c1cc(S)cs1. The van der Waals surface area contributed by atoms with E-state index in [2.05, 4.69) is 12.6 Å². The van der Waals surface area contributed by atoms with Crippen molar-refractivity contribution in [1.82, 2.24) is 4.90 Å². The number of carbonyl (C=O) groups excluding carboxylic acids is 1. The highest BCUT2D eigenvalue weighted by Gasteiger charge is 2.26. The summed E-state index contributed by atoms with van der Waals surface area (Å²) >= 11 is 5.70. The molecule has 0 spiro atoms. The van der Waals surface area contributed by atoms with E-state index in [1.54, 1.807) is 0 Å². The number of hydrogen-bond donors (Lipinski definition) is 1. The van der Waals surface area contributed by atoms with Crippen LogP contribution in [0, 0.1) is 5.92 Å². The van der Waals surface area contributed by atoms with Gasteiger partial charge in [0.25, 0.3) is 5.91 Å². The van der Waals surface area contributed by atoms with Gasteiger partial charge in [-0.25, -0.2) is 0 Å². The van der Waals surface area contributed by atoms with Crippen molar-refractivity contribution in [2.75, 3.05) is 13.1 Å². The first-order valence-electron chi connectivity index (χ1n) is 5.27. The van der Waals surface area contributed by atoms with Crippen molar-refractivity contribution >= 4 is 29.9 Å². The first kappa shape index (κ1) is 11.0. The highest BCUT2D eigenvalue weighted by atomic mass is 32.1. The van der Waals surface area contributed by atoms with Crippen LogP contribution < -0.4 is 0 Å². The van der Waals surface area contributed by atoms with Gasteiger partial charge < -0.3 is 4.90 Å². The number of carbonyl (C=O) groups is 1. The van der Waals surface area contributed by atoms with Crippen molar-refractivity contribution in [2.24, 2.45) is 5.92 Å². The molecule has 1 aromatic heterocycles. The molecule has 4 heteroatoms. The standard InChI is InChI=1S/C11H15NOS2/c1-2-12(6-8-3-4-8)11(13)10-5-9(14)7-15-10/h5,7-8,14H,2-4,6H2,1H3. The van der Waals surface area contributed by atoms with Crippen molar-refractivity contribution in [3.63, 3.8) is 0 Å². The minimum Gasteiger partial charge on any atom is -0.338 e. The summed E-state index contributed by atoms with van der Waals surface area (Å²) < 4.78 is 0. The summed E-state index contributed by atoms with van der Waals surface area (Å²) in [6, 6.07) is 1.85. The van der Waals surface area contributed by atoms with E-state index in [4.69, 9.17) is 0 Å². The maximum atomic E-state index is 12.1. The molecule has 2 rings (SSSR count). The lowest BCUT2D eigenvalue weighted by Crippen LogP contribution is -2.32. The molecule has 1 aliphatic carbocycles. The van der Waals surface area contributed by atoms with Crippen LogP contribution in [-0.2, 0) is 0 Å². The topological polar surface area (TPSA) is 20.3 Å². The average Bonchev–Trinajstić information content (AvgIpc) is 2.95. The van der Waals surface area contributed by atoms with E-state index in [0.29, 0.717) is 0 Å². The molecular formula is C11H15NOS2. The molecule has 1 heterocycles. The Kier molecular flexibility index (Phi) is 3.36. The normalized spacial score (nSPS) is 15.3. The summed E-state index contributed by atoms with van der Waals surface area (Å²) in [5.74, 6) is 0.916. The van der Waals surface area contributed by atoms with E-state index in [-0.39, 0.29) is 5.91 Å². The predicted molar refractivity (Wildman–Crippen MR) is 65.9 cm³/mol. The van der Waals surface area contributed by atoms with Gasteiger partial charge in [0.1, 0.15) is 0 Å². The second-order valence-corrected chi connectivity index (χ2v) is 5.38. The quantitative estimate of drug-likeness (QED) is 0.804. The lowest BCUT2D eigenvalue weighted by molar-refractivity contribution is 0.0761. The molecule has 0 N–H and O–H groups in total. The molecule has 0 saturated heterocycles.